The molecule has 0 aliphatic rings. The van der Waals surface area contributed by atoms with E-state index in [1.54, 1.807) is 0 Å². The normalized spacial score (nSPS) is 17.1. The Balaban J connectivity index is 2.51. The van der Waals surface area contributed by atoms with E-state index in [-0.39, 0.29) is 5.92 Å². The van der Waals surface area contributed by atoms with Gasteiger partial charge in [0.25, 0.3) is 0 Å². The minimum absolute atomic E-state index is 0.204. The lowest BCUT2D eigenvalue weighted by molar-refractivity contribution is -0.00777. The molecule has 2 unspecified atom stereocenters. The van der Waals surface area contributed by atoms with Gasteiger partial charge in [-0.05, 0) is 31.2 Å². The molecule has 1 aromatic rings. The Bertz CT molecular complexity index is 304. The first-order valence-corrected chi connectivity index (χ1v) is 5.89. The Morgan fingerprint density at radius 1 is 1.19 bits per heavy atom. The van der Waals surface area contributed by atoms with Crippen LogP contribution < -0.4 is 0 Å². The summed E-state index contributed by atoms with van der Waals surface area (Å²) < 4.78 is 0. The van der Waals surface area contributed by atoms with Gasteiger partial charge in [0.1, 0.15) is 0 Å². The van der Waals surface area contributed by atoms with E-state index in [4.69, 9.17) is 0 Å². The lowest BCUT2D eigenvalue weighted by Crippen LogP contribution is -2.31. The third-order valence-electron chi connectivity index (χ3n) is 3.35. The first kappa shape index (κ1) is 13.2. The largest absolute Gasteiger partial charge is 0.390 e. The van der Waals surface area contributed by atoms with Crippen LogP contribution in [0.3, 0.4) is 0 Å². The number of hydrogen-bond donors (Lipinski definition) is 2. The van der Waals surface area contributed by atoms with Crippen molar-refractivity contribution in [3.63, 3.8) is 0 Å². The van der Waals surface area contributed by atoms with Gasteiger partial charge in [0, 0.05) is 0 Å². The molecule has 0 saturated heterocycles. The Hall–Kier alpha value is -0.860. The van der Waals surface area contributed by atoms with Gasteiger partial charge in [-0.25, -0.2) is 0 Å². The molecule has 0 radical (unpaired) electrons. The van der Waals surface area contributed by atoms with Gasteiger partial charge in [0.05, 0.1) is 11.7 Å². The molecule has 0 aromatic heterocycles. The Kier molecular flexibility index (Phi) is 4.51. The standard InChI is InChI=1S/C14H22O2/c1-11(2)14(3,16)10-9-13(15)12-7-5-4-6-8-12/h4-8,11,13,15-16H,9-10H2,1-3H3. The van der Waals surface area contributed by atoms with E-state index in [0.717, 1.165) is 5.56 Å². The number of benzene rings is 1. The Morgan fingerprint density at radius 2 is 1.75 bits per heavy atom. The van der Waals surface area contributed by atoms with Gasteiger partial charge in [-0.1, -0.05) is 44.2 Å². The third-order valence-corrected chi connectivity index (χ3v) is 3.35. The van der Waals surface area contributed by atoms with Gasteiger partial charge in [-0.2, -0.15) is 0 Å². The highest BCUT2D eigenvalue weighted by atomic mass is 16.3. The summed E-state index contributed by atoms with van der Waals surface area (Å²) in [4.78, 5) is 0. The predicted molar refractivity (Wildman–Crippen MR) is 66.1 cm³/mol. The summed E-state index contributed by atoms with van der Waals surface area (Å²) in [6.45, 7) is 5.82. The topological polar surface area (TPSA) is 40.5 Å². The second kappa shape index (κ2) is 5.46. The molecular formula is C14H22O2. The monoisotopic (exact) mass is 222 g/mol. The summed E-state index contributed by atoms with van der Waals surface area (Å²) in [6, 6.07) is 9.59. The molecule has 0 aliphatic heterocycles. The Labute approximate surface area is 97.9 Å². The number of aliphatic hydroxyl groups is 2. The minimum Gasteiger partial charge on any atom is -0.390 e. The predicted octanol–water partition coefficient (Wildman–Crippen LogP) is 2.91. The summed E-state index contributed by atoms with van der Waals surface area (Å²) in [7, 11) is 0. The maximum atomic E-state index is 10.1. The van der Waals surface area contributed by atoms with Crippen LogP contribution in [0.4, 0.5) is 0 Å². The van der Waals surface area contributed by atoms with Gasteiger partial charge in [-0.15, -0.1) is 0 Å². The second-order valence-corrected chi connectivity index (χ2v) is 4.98. The summed E-state index contributed by atoms with van der Waals surface area (Å²) in [6.07, 6.45) is 0.724. The van der Waals surface area contributed by atoms with Gasteiger partial charge < -0.3 is 10.2 Å². The van der Waals surface area contributed by atoms with Crippen molar-refractivity contribution in [3.8, 4) is 0 Å². The highest BCUT2D eigenvalue weighted by molar-refractivity contribution is 5.17. The fourth-order valence-electron chi connectivity index (χ4n) is 1.56. The third kappa shape index (κ3) is 3.62. The van der Waals surface area contributed by atoms with Crippen molar-refractivity contribution in [3.05, 3.63) is 35.9 Å². The second-order valence-electron chi connectivity index (χ2n) is 4.98. The van der Waals surface area contributed by atoms with Gasteiger partial charge in [0.15, 0.2) is 0 Å². The van der Waals surface area contributed by atoms with E-state index in [0.29, 0.717) is 12.8 Å². The molecule has 0 amide bonds. The molecule has 0 fully saturated rings. The summed E-state index contributed by atoms with van der Waals surface area (Å²) in [5.41, 5.74) is 0.220. The molecule has 16 heavy (non-hydrogen) atoms. The van der Waals surface area contributed by atoms with Crippen LogP contribution in [0.5, 0.6) is 0 Å². The maximum absolute atomic E-state index is 10.1. The first-order valence-electron chi connectivity index (χ1n) is 5.89. The van der Waals surface area contributed by atoms with Crippen LogP contribution in [0.2, 0.25) is 0 Å². The molecule has 1 aromatic carbocycles. The maximum Gasteiger partial charge on any atom is 0.0791 e. The molecule has 0 bridgehead atoms. The van der Waals surface area contributed by atoms with Gasteiger partial charge in [-0.3, -0.25) is 0 Å². The van der Waals surface area contributed by atoms with Crippen LogP contribution in [0, 0.1) is 5.92 Å². The lowest BCUT2D eigenvalue weighted by Gasteiger charge is -2.28. The van der Waals surface area contributed by atoms with Crippen molar-refractivity contribution in [2.45, 2.75) is 45.3 Å². The molecule has 0 saturated carbocycles. The fourth-order valence-corrected chi connectivity index (χ4v) is 1.56. The van der Waals surface area contributed by atoms with Crippen molar-refractivity contribution in [1.82, 2.24) is 0 Å². The Morgan fingerprint density at radius 3 is 2.25 bits per heavy atom. The molecular weight excluding hydrogens is 200 g/mol. The van der Waals surface area contributed by atoms with Crippen LogP contribution in [0.15, 0.2) is 30.3 Å². The zero-order valence-corrected chi connectivity index (χ0v) is 10.4. The molecule has 2 nitrogen and oxygen atoms in total. The summed E-state index contributed by atoms with van der Waals surface area (Å²) in [5.74, 6) is 0.204. The van der Waals surface area contributed by atoms with Crippen LogP contribution in [-0.2, 0) is 0 Å². The molecule has 0 heterocycles. The molecule has 0 spiro atoms. The highest BCUT2D eigenvalue weighted by Crippen LogP contribution is 2.27. The number of rotatable bonds is 5. The molecule has 1 rings (SSSR count). The molecule has 2 heteroatoms. The van der Waals surface area contributed by atoms with E-state index < -0.39 is 11.7 Å². The average Bonchev–Trinajstić information content (AvgIpc) is 2.27. The van der Waals surface area contributed by atoms with Crippen LogP contribution in [-0.4, -0.2) is 15.8 Å². The van der Waals surface area contributed by atoms with Crippen molar-refractivity contribution in [1.29, 1.82) is 0 Å². The fraction of sp³-hybridized carbons (Fsp3) is 0.571. The minimum atomic E-state index is -0.699. The molecule has 0 aliphatic carbocycles. The molecule has 2 N–H and O–H groups in total. The van der Waals surface area contributed by atoms with E-state index in [2.05, 4.69) is 0 Å². The van der Waals surface area contributed by atoms with Crippen molar-refractivity contribution < 1.29 is 10.2 Å². The van der Waals surface area contributed by atoms with E-state index in [9.17, 15) is 10.2 Å². The van der Waals surface area contributed by atoms with Gasteiger partial charge in [0.2, 0.25) is 0 Å². The van der Waals surface area contributed by atoms with Crippen molar-refractivity contribution in [2.24, 2.45) is 5.92 Å². The van der Waals surface area contributed by atoms with Crippen molar-refractivity contribution >= 4 is 0 Å². The van der Waals surface area contributed by atoms with Crippen LogP contribution >= 0.6 is 0 Å². The van der Waals surface area contributed by atoms with E-state index >= 15 is 0 Å². The number of aliphatic hydroxyl groups excluding tert-OH is 1. The van der Waals surface area contributed by atoms with Crippen molar-refractivity contribution in [2.75, 3.05) is 0 Å². The lowest BCUT2D eigenvalue weighted by atomic mass is 9.86. The smallest absolute Gasteiger partial charge is 0.0791 e. The molecule has 90 valence electrons. The summed E-state index contributed by atoms with van der Waals surface area (Å²) >= 11 is 0. The van der Waals surface area contributed by atoms with E-state index in [1.165, 1.54) is 0 Å². The number of hydrogen-bond acceptors (Lipinski definition) is 2. The summed E-state index contributed by atoms with van der Waals surface area (Å²) in [5, 5.41) is 20.0. The zero-order valence-electron chi connectivity index (χ0n) is 10.4. The molecule has 2 atom stereocenters. The zero-order chi connectivity index (χ0) is 12.2. The average molecular weight is 222 g/mol. The quantitative estimate of drug-likeness (QED) is 0.804. The SMILES string of the molecule is CC(C)C(C)(O)CCC(O)c1ccccc1. The van der Waals surface area contributed by atoms with Gasteiger partial charge >= 0.3 is 0 Å². The highest BCUT2D eigenvalue weighted by Gasteiger charge is 2.25. The first-order chi connectivity index (χ1) is 7.43. The van der Waals surface area contributed by atoms with E-state index in [1.807, 2.05) is 51.1 Å². The van der Waals surface area contributed by atoms with Crippen LogP contribution in [0.1, 0.15) is 45.3 Å². The van der Waals surface area contributed by atoms with Crippen LogP contribution in [0.25, 0.3) is 0 Å².